The van der Waals surface area contributed by atoms with E-state index in [9.17, 15) is 35.5 Å². The molecule has 0 fully saturated rings. The van der Waals surface area contributed by atoms with E-state index in [1.54, 1.807) is 24.3 Å². The zero-order valence-electron chi connectivity index (χ0n) is 26.6. The number of anilines is 1. The summed E-state index contributed by atoms with van der Waals surface area (Å²) in [6.07, 6.45) is 9.46. The summed E-state index contributed by atoms with van der Waals surface area (Å²) in [5, 5.41) is 8.83. The Labute approximate surface area is 283 Å². The minimum absolute atomic E-state index is 0.289. The third-order valence-corrected chi connectivity index (χ3v) is 9.42. The average Bonchev–Trinajstić information content (AvgIpc) is 3.55. The maximum atomic E-state index is 13.6. The van der Waals surface area contributed by atoms with Crippen LogP contribution < -0.4 is 10.6 Å². The van der Waals surface area contributed by atoms with Gasteiger partial charge in [0.1, 0.15) is 0 Å². The molecule has 4 aromatic rings. The zero-order valence-corrected chi connectivity index (χ0v) is 28.3. The molecule has 1 aliphatic rings. The summed E-state index contributed by atoms with van der Waals surface area (Å²) in [7, 11) is -8.79. The van der Waals surface area contributed by atoms with E-state index in [2.05, 4.69) is 10.2 Å². The molecule has 2 heterocycles. The van der Waals surface area contributed by atoms with E-state index in [0.29, 0.717) is 58.8 Å². The van der Waals surface area contributed by atoms with Crippen molar-refractivity contribution in [2.24, 2.45) is 5.10 Å². The van der Waals surface area contributed by atoms with E-state index in [-0.39, 0.29) is 15.4 Å². The molecule has 0 spiro atoms. The van der Waals surface area contributed by atoms with Crippen LogP contribution in [0.2, 0.25) is 0 Å². The highest BCUT2D eigenvalue weighted by Crippen LogP contribution is 2.28. The number of H-pyrrole nitrogens is 1. The number of rotatable bonds is 12. The first-order chi connectivity index (χ1) is 23.3. The first-order valence-electron chi connectivity index (χ1n) is 15.4. The summed E-state index contributed by atoms with van der Waals surface area (Å²) in [4.78, 5) is 26.7. The number of carbonyl (C=O) groups is 1. The van der Waals surface area contributed by atoms with E-state index in [1.165, 1.54) is 58.2 Å². The van der Waals surface area contributed by atoms with Gasteiger partial charge in [0.25, 0.3) is 31.7 Å². The fraction of sp³-hybridized carbons (Fsp3) is 0.171. The van der Waals surface area contributed by atoms with Gasteiger partial charge in [-0.05, 0) is 84.7 Å². The summed E-state index contributed by atoms with van der Waals surface area (Å²) in [5.41, 5.74) is 3.86. The number of aromatic nitrogens is 2. The van der Waals surface area contributed by atoms with Crippen LogP contribution in [0.1, 0.15) is 49.9 Å². The quantitative estimate of drug-likeness (QED) is 0.0936. The lowest BCUT2D eigenvalue weighted by molar-refractivity contribution is -0.114. The number of carbonyl (C=O) groups excluding carboxylic acids is 1. The molecule has 1 aromatic heterocycles. The molecule has 49 heavy (non-hydrogen) atoms. The van der Waals surface area contributed by atoms with Crippen molar-refractivity contribution in [1.29, 1.82) is 0 Å². The van der Waals surface area contributed by atoms with Gasteiger partial charge < -0.3 is 0 Å². The number of hydrogen-bond donors (Lipinski definition) is 3. The molecule has 3 aromatic carbocycles. The van der Waals surface area contributed by atoms with E-state index in [0.717, 1.165) is 12.0 Å². The van der Waals surface area contributed by atoms with Crippen molar-refractivity contribution in [2.45, 2.75) is 49.3 Å². The molecule has 5 rings (SSSR count). The van der Waals surface area contributed by atoms with Crippen LogP contribution in [0, 0.1) is 0 Å². The van der Waals surface area contributed by atoms with Gasteiger partial charge in [0.2, 0.25) is 0 Å². The van der Waals surface area contributed by atoms with Crippen molar-refractivity contribution in [1.82, 2.24) is 9.78 Å². The minimum Gasteiger partial charge on any atom is -0.294 e. The van der Waals surface area contributed by atoms with Crippen LogP contribution in [0.25, 0.3) is 17.3 Å². The number of aryl methyl sites for hydroxylation is 1. The molecule has 0 unspecified atom stereocenters. The topological polar surface area (TPSA) is 179 Å². The predicted octanol–water partition coefficient (Wildman–Crippen LogP) is 5.84. The van der Waals surface area contributed by atoms with Crippen LogP contribution >= 0.6 is 0 Å². The van der Waals surface area contributed by atoms with Gasteiger partial charge in [-0.1, -0.05) is 69.2 Å². The smallest absolute Gasteiger partial charge is 0.294 e. The largest absolute Gasteiger partial charge is 0.294 e. The maximum Gasteiger partial charge on any atom is 0.294 e. The van der Waals surface area contributed by atoms with Crippen LogP contribution in [-0.2, 0) is 31.5 Å². The van der Waals surface area contributed by atoms with Crippen molar-refractivity contribution >= 4 is 49.2 Å². The van der Waals surface area contributed by atoms with Gasteiger partial charge in [-0.15, -0.1) is 0 Å². The number of benzene rings is 3. The van der Waals surface area contributed by atoms with E-state index >= 15 is 0 Å². The van der Waals surface area contributed by atoms with Gasteiger partial charge in [0, 0.05) is 5.69 Å². The summed E-state index contributed by atoms with van der Waals surface area (Å²) in [5.74, 6) is -0.408. The van der Waals surface area contributed by atoms with Crippen molar-refractivity contribution in [3.8, 4) is 5.69 Å². The second-order valence-corrected chi connectivity index (χ2v) is 14.0. The molecule has 12 nitrogen and oxygen atoms in total. The van der Waals surface area contributed by atoms with Gasteiger partial charge in [-0.25, -0.2) is 4.68 Å². The number of amides is 1. The standard InChI is InChI=1S/C35H34N4O8S2/c1-3-8-32-30(34(40)38(36-32)26-14-18-28(19-15-26)48(42,43)44)22-12-25(24-10-6-5-7-11-24)13-23-31-33(9-4-2)37-39(35(31)41)27-16-20-29(21-17-27)49(45,46)47/h5-7,10-23,36H,3-4,8-9H2,1-2H3,(H,42,43,44)(H,45,46,47). The van der Waals surface area contributed by atoms with Gasteiger partial charge in [0.15, 0.2) is 0 Å². The Morgan fingerprint density at radius 2 is 1.37 bits per heavy atom. The summed E-state index contributed by atoms with van der Waals surface area (Å²) < 4.78 is 65.9. The fourth-order valence-corrected chi connectivity index (χ4v) is 6.22. The first-order valence-corrected chi connectivity index (χ1v) is 18.3. The van der Waals surface area contributed by atoms with Gasteiger partial charge in [0.05, 0.1) is 38.0 Å². The van der Waals surface area contributed by atoms with Gasteiger partial charge in [-0.2, -0.15) is 26.9 Å². The van der Waals surface area contributed by atoms with Crippen molar-refractivity contribution in [2.75, 3.05) is 5.01 Å². The molecular weight excluding hydrogens is 669 g/mol. The average molecular weight is 703 g/mol. The molecule has 1 amide bonds. The molecule has 0 bridgehead atoms. The number of allylic oxidation sites excluding steroid dienone is 4. The van der Waals surface area contributed by atoms with Crippen molar-refractivity contribution in [3.05, 3.63) is 130 Å². The van der Waals surface area contributed by atoms with Gasteiger partial charge in [-0.3, -0.25) is 23.8 Å². The van der Waals surface area contributed by atoms with Crippen molar-refractivity contribution < 1.29 is 30.7 Å². The fourth-order valence-electron chi connectivity index (χ4n) is 5.26. The molecule has 0 aliphatic carbocycles. The number of aromatic amines is 1. The Hall–Kier alpha value is -5.15. The number of hydrazone groups is 1. The van der Waals surface area contributed by atoms with Crippen LogP contribution in [0.15, 0.2) is 122 Å². The first kappa shape index (κ1) is 35.2. The summed E-state index contributed by atoms with van der Waals surface area (Å²) >= 11 is 0. The highest BCUT2D eigenvalue weighted by molar-refractivity contribution is 7.86. The van der Waals surface area contributed by atoms with Gasteiger partial charge >= 0.3 is 0 Å². The normalized spacial score (nSPS) is 15.1. The minimum atomic E-state index is -4.40. The van der Waals surface area contributed by atoms with E-state index < -0.39 is 26.1 Å². The molecular formula is C35H34N4O8S2. The Balaban J connectivity index is 1.53. The lowest BCUT2D eigenvalue weighted by Crippen LogP contribution is -2.21. The maximum absolute atomic E-state index is 13.6. The van der Waals surface area contributed by atoms with Crippen molar-refractivity contribution in [3.63, 3.8) is 0 Å². The monoisotopic (exact) mass is 702 g/mol. The molecule has 3 N–H and O–H groups in total. The van der Waals surface area contributed by atoms with E-state index in [4.69, 9.17) is 0 Å². The van der Waals surface area contributed by atoms with Crippen LogP contribution in [0.4, 0.5) is 5.69 Å². The third-order valence-electron chi connectivity index (χ3n) is 7.68. The van der Waals surface area contributed by atoms with Crippen LogP contribution in [-0.4, -0.2) is 47.3 Å². The molecule has 0 atom stereocenters. The Morgan fingerprint density at radius 3 is 1.92 bits per heavy atom. The molecule has 0 radical (unpaired) electrons. The highest BCUT2D eigenvalue weighted by atomic mass is 32.2. The lowest BCUT2D eigenvalue weighted by atomic mass is 10.0. The summed E-state index contributed by atoms with van der Waals surface area (Å²) in [6.45, 7) is 3.94. The lowest BCUT2D eigenvalue weighted by Gasteiger charge is -2.11. The summed E-state index contributed by atoms with van der Waals surface area (Å²) in [6, 6.07) is 19.9. The highest BCUT2D eigenvalue weighted by Gasteiger charge is 2.30. The molecule has 1 aliphatic heterocycles. The van der Waals surface area contributed by atoms with Crippen LogP contribution in [0.3, 0.4) is 0 Å². The number of nitrogens with zero attached hydrogens (tertiary/aromatic N) is 3. The zero-order chi connectivity index (χ0) is 35.3. The second-order valence-electron chi connectivity index (χ2n) is 11.1. The molecule has 0 saturated carbocycles. The predicted molar refractivity (Wildman–Crippen MR) is 188 cm³/mol. The Bertz CT molecular complexity index is 2270. The Morgan fingerprint density at radius 1 is 0.796 bits per heavy atom. The molecule has 14 heteroatoms. The molecule has 0 saturated heterocycles. The second kappa shape index (κ2) is 14.5. The molecule has 254 valence electrons. The number of nitrogens with one attached hydrogen (secondary N) is 1. The SMILES string of the molecule is CCCC1=NN(c2ccc(S(=O)(=O)O)cc2)C(=O)C1=CC=C(C=Cc1c(CCC)[nH]n(-c2ccc(S(=O)(=O)O)cc2)c1=O)c1ccccc1. The third kappa shape index (κ3) is 7.95. The number of hydrogen-bond acceptors (Lipinski definition) is 7. The van der Waals surface area contributed by atoms with E-state index in [1.807, 2.05) is 44.2 Å². The van der Waals surface area contributed by atoms with Crippen LogP contribution in [0.5, 0.6) is 0 Å². The Kier molecular flexibility index (Phi) is 10.4.